The highest BCUT2D eigenvalue weighted by molar-refractivity contribution is 7.89. The topological polar surface area (TPSA) is 66.8 Å². The van der Waals surface area contributed by atoms with Crippen LogP contribution in [0.25, 0.3) is 0 Å². The van der Waals surface area contributed by atoms with Crippen molar-refractivity contribution in [3.63, 3.8) is 0 Å². The van der Waals surface area contributed by atoms with Crippen LogP contribution in [0.4, 0.5) is 0 Å². The SMILES string of the molecule is C=CCCCN(C)S(=O)(=O)c1ccc(CO)cc1OC. The number of hydrogen-bond acceptors (Lipinski definition) is 4. The van der Waals surface area contributed by atoms with Crippen molar-refractivity contribution in [3.05, 3.63) is 36.4 Å². The number of hydrogen-bond donors (Lipinski definition) is 1. The first kappa shape index (κ1) is 16.7. The van der Waals surface area contributed by atoms with Crippen LogP contribution in [0.1, 0.15) is 18.4 Å². The van der Waals surface area contributed by atoms with Crippen LogP contribution in [-0.4, -0.2) is 38.5 Å². The Balaban J connectivity index is 3.05. The fourth-order valence-corrected chi connectivity index (χ4v) is 3.11. The quantitative estimate of drug-likeness (QED) is 0.587. The van der Waals surface area contributed by atoms with Gasteiger partial charge in [-0.05, 0) is 30.5 Å². The molecule has 20 heavy (non-hydrogen) atoms. The molecule has 0 atom stereocenters. The summed E-state index contributed by atoms with van der Waals surface area (Å²) in [6.07, 6.45) is 3.24. The number of sulfonamides is 1. The first-order valence-electron chi connectivity index (χ1n) is 6.32. The van der Waals surface area contributed by atoms with Crippen LogP contribution < -0.4 is 4.74 Å². The number of rotatable bonds is 8. The molecule has 0 fully saturated rings. The molecule has 0 aromatic heterocycles. The Morgan fingerprint density at radius 1 is 1.45 bits per heavy atom. The number of benzene rings is 1. The number of nitrogens with zero attached hydrogens (tertiary/aromatic N) is 1. The second-order valence-electron chi connectivity index (χ2n) is 4.40. The number of unbranched alkanes of at least 4 members (excludes halogenated alkanes) is 1. The van der Waals surface area contributed by atoms with Gasteiger partial charge < -0.3 is 9.84 Å². The van der Waals surface area contributed by atoms with E-state index in [2.05, 4.69) is 6.58 Å². The summed E-state index contributed by atoms with van der Waals surface area (Å²) < 4.78 is 31.3. The van der Waals surface area contributed by atoms with E-state index < -0.39 is 10.0 Å². The van der Waals surface area contributed by atoms with E-state index in [1.807, 2.05) is 0 Å². The Kier molecular flexibility index (Phi) is 6.19. The maximum atomic E-state index is 12.5. The molecular formula is C14H21NO4S. The molecular weight excluding hydrogens is 278 g/mol. The molecule has 0 heterocycles. The Hall–Kier alpha value is -1.37. The van der Waals surface area contributed by atoms with Crippen LogP contribution in [0.3, 0.4) is 0 Å². The van der Waals surface area contributed by atoms with Gasteiger partial charge >= 0.3 is 0 Å². The van der Waals surface area contributed by atoms with E-state index in [0.29, 0.717) is 12.1 Å². The van der Waals surface area contributed by atoms with Gasteiger partial charge in [0.2, 0.25) is 10.0 Å². The summed E-state index contributed by atoms with van der Waals surface area (Å²) in [5, 5.41) is 9.08. The molecule has 0 amide bonds. The molecule has 112 valence electrons. The summed E-state index contributed by atoms with van der Waals surface area (Å²) in [5.74, 6) is 0.243. The lowest BCUT2D eigenvalue weighted by Crippen LogP contribution is -2.28. The van der Waals surface area contributed by atoms with E-state index in [1.165, 1.54) is 30.6 Å². The third-order valence-corrected chi connectivity index (χ3v) is 4.88. The molecule has 1 rings (SSSR count). The standard InChI is InChI=1S/C14H21NO4S/c1-4-5-6-9-15(2)20(17,18)14-8-7-12(11-16)10-13(14)19-3/h4,7-8,10,16H,1,5-6,9,11H2,2-3H3. The molecule has 0 saturated heterocycles. The average molecular weight is 299 g/mol. The molecule has 1 aromatic rings. The second kappa shape index (κ2) is 7.42. The van der Waals surface area contributed by atoms with Crippen molar-refractivity contribution >= 4 is 10.0 Å². The highest BCUT2D eigenvalue weighted by atomic mass is 32.2. The Labute approximate surface area is 120 Å². The van der Waals surface area contributed by atoms with Gasteiger partial charge in [-0.25, -0.2) is 12.7 Å². The molecule has 0 aliphatic carbocycles. The molecule has 0 bridgehead atoms. The molecule has 0 unspecified atom stereocenters. The Morgan fingerprint density at radius 3 is 2.70 bits per heavy atom. The van der Waals surface area contributed by atoms with Crippen molar-refractivity contribution in [2.75, 3.05) is 20.7 Å². The van der Waals surface area contributed by atoms with Gasteiger partial charge in [-0.2, -0.15) is 0 Å². The van der Waals surface area contributed by atoms with Gasteiger partial charge in [0, 0.05) is 13.6 Å². The van der Waals surface area contributed by atoms with Gasteiger partial charge in [0.25, 0.3) is 0 Å². The average Bonchev–Trinajstić information content (AvgIpc) is 2.46. The number of aliphatic hydroxyl groups is 1. The third-order valence-electron chi connectivity index (χ3n) is 2.98. The summed E-state index contributed by atoms with van der Waals surface area (Å²) in [5.41, 5.74) is 0.607. The summed E-state index contributed by atoms with van der Waals surface area (Å²) in [4.78, 5) is 0.110. The molecule has 5 nitrogen and oxygen atoms in total. The van der Waals surface area contributed by atoms with E-state index in [4.69, 9.17) is 9.84 Å². The maximum Gasteiger partial charge on any atom is 0.246 e. The first-order chi connectivity index (χ1) is 9.47. The minimum atomic E-state index is -3.59. The summed E-state index contributed by atoms with van der Waals surface area (Å²) in [6.45, 7) is 3.87. The smallest absolute Gasteiger partial charge is 0.246 e. The van der Waals surface area contributed by atoms with Crippen LogP contribution in [0.15, 0.2) is 35.7 Å². The molecule has 0 spiro atoms. The summed E-state index contributed by atoms with van der Waals surface area (Å²) in [7, 11) is -0.645. The van der Waals surface area contributed by atoms with E-state index in [9.17, 15) is 8.42 Å². The number of methoxy groups -OCH3 is 1. The van der Waals surface area contributed by atoms with Gasteiger partial charge in [-0.1, -0.05) is 12.1 Å². The predicted molar refractivity (Wildman–Crippen MR) is 78.2 cm³/mol. The van der Waals surface area contributed by atoms with E-state index in [0.717, 1.165) is 12.8 Å². The largest absolute Gasteiger partial charge is 0.495 e. The molecule has 0 aliphatic rings. The van der Waals surface area contributed by atoms with E-state index in [1.54, 1.807) is 12.1 Å². The third kappa shape index (κ3) is 3.82. The van der Waals surface area contributed by atoms with Crippen molar-refractivity contribution in [1.29, 1.82) is 0 Å². The van der Waals surface area contributed by atoms with Crippen LogP contribution in [0, 0.1) is 0 Å². The van der Waals surface area contributed by atoms with Crippen molar-refractivity contribution < 1.29 is 18.3 Å². The van der Waals surface area contributed by atoms with Crippen molar-refractivity contribution in [2.24, 2.45) is 0 Å². The molecule has 0 aliphatic heterocycles. The van der Waals surface area contributed by atoms with Crippen molar-refractivity contribution in [3.8, 4) is 5.75 Å². The van der Waals surface area contributed by atoms with Gasteiger partial charge in [-0.3, -0.25) is 0 Å². The summed E-state index contributed by atoms with van der Waals surface area (Å²) in [6, 6.07) is 4.57. The zero-order chi connectivity index (χ0) is 15.2. The van der Waals surface area contributed by atoms with Crippen LogP contribution in [0.2, 0.25) is 0 Å². The van der Waals surface area contributed by atoms with Gasteiger partial charge in [0.05, 0.1) is 13.7 Å². The zero-order valence-corrected chi connectivity index (χ0v) is 12.7. The minimum absolute atomic E-state index is 0.110. The monoisotopic (exact) mass is 299 g/mol. The molecule has 6 heteroatoms. The predicted octanol–water partition coefficient (Wildman–Crippen LogP) is 1.77. The number of allylic oxidation sites excluding steroid dienone is 1. The van der Waals surface area contributed by atoms with Gasteiger partial charge in [0.1, 0.15) is 10.6 Å². The summed E-state index contributed by atoms with van der Waals surface area (Å²) >= 11 is 0. The lowest BCUT2D eigenvalue weighted by atomic mass is 10.2. The van der Waals surface area contributed by atoms with E-state index >= 15 is 0 Å². The fourth-order valence-electron chi connectivity index (χ4n) is 1.77. The Morgan fingerprint density at radius 2 is 2.15 bits per heavy atom. The van der Waals surface area contributed by atoms with Crippen molar-refractivity contribution in [1.82, 2.24) is 4.31 Å². The van der Waals surface area contributed by atoms with Crippen molar-refractivity contribution in [2.45, 2.75) is 24.3 Å². The molecule has 1 aromatic carbocycles. The van der Waals surface area contributed by atoms with E-state index in [-0.39, 0.29) is 17.3 Å². The zero-order valence-electron chi connectivity index (χ0n) is 11.9. The minimum Gasteiger partial charge on any atom is -0.495 e. The molecule has 0 radical (unpaired) electrons. The first-order valence-corrected chi connectivity index (χ1v) is 7.76. The normalized spacial score (nSPS) is 11.6. The Bertz CT molecular complexity index is 554. The molecule has 1 N–H and O–H groups in total. The molecule has 0 saturated carbocycles. The lowest BCUT2D eigenvalue weighted by Gasteiger charge is -2.19. The maximum absolute atomic E-state index is 12.5. The lowest BCUT2D eigenvalue weighted by molar-refractivity contribution is 0.280. The van der Waals surface area contributed by atoms with Gasteiger partial charge in [0.15, 0.2) is 0 Å². The second-order valence-corrected chi connectivity index (χ2v) is 6.41. The number of aliphatic hydroxyl groups excluding tert-OH is 1. The highest BCUT2D eigenvalue weighted by Gasteiger charge is 2.24. The van der Waals surface area contributed by atoms with Crippen LogP contribution >= 0.6 is 0 Å². The van der Waals surface area contributed by atoms with Crippen LogP contribution in [0.5, 0.6) is 5.75 Å². The van der Waals surface area contributed by atoms with Gasteiger partial charge in [-0.15, -0.1) is 6.58 Å². The highest BCUT2D eigenvalue weighted by Crippen LogP contribution is 2.27. The van der Waals surface area contributed by atoms with Crippen LogP contribution in [-0.2, 0) is 16.6 Å². The number of ether oxygens (including phenoxy) is 1. The fraction of sp³-hybridized carbons (Fsp3) is 0.429.